The maximum absolute atomic E-state index is 11.8. The summed E-state index contributed by atoms with van der Waals surface area (Å²) in [7, 11) is 0. The van der Waals surface area contributed by atoms with Gasteiger partial charge in [-0.2, -0.15) is 0 Å². The summed E-state index contributed by atoms with van der Waals surface area (Å²) >= 11 is 5.65. The molecule has 5 nitrogen and oxygen atoms in total. The van der Waals surface area contributed by atoms with Crippen molar-refractivity contribution in [1.29, 1.82) is 0 Å². The lowest BCUT2D eigenvalue weighted by Crippen LogP contribution is -2.47. The largest absolute Gasteiger partial charge is 0.479 e. The van der Waals surface area contributed by atoms with Gasteiger partial charge in [-0.3, -0.25) is 9.78 Å². The van der Waals surface area contributed by atoms with E-state index in [0.717, 1.165) is 5.56 Å². The second kappa shape index (κ2) is 5.93. The van der Waals surface area contributed by atoms with Crippen molar-refractivity contribution in [3.05, 3.63) is 29.6 Å². The summed E-state index contributed by atoms with van der Waals surface area (Å²) in [6.07, 6.45) is 1.07. The number of carbonyl (C=O) groups is 2. The van der Waals surface area contributed by atoms with Crippen LogP contribution in [-0.2, 0) is 21.9 Å². The summed E-state index contributed by atoms with van der Waals surface area (Å²) in [6, 6.07) is 3.31. The topological polar surface area (TPSA) is 87.5 Å². The van der Waals surface area contributed by atoms with E-state index < -0.39 is 17.4 Å². The Hall–Kier alpha value is -1.46. The van der Waals surface area contributed by atoms with Crippen LogP contribution in [0.25, 0.3) is 0 Å². The first-order valence-corrected chi connectivity index (χ1v) is 5.96. The lowest BCUT2D eigenvalue weighted by Gasteiger charge is -2.19. The number of pyridine rings is 1. The molecule has 0 amide bonds. The number of rotatable bonds is 6. The van der Waals surface area contributed by atoms with Crippen LogP contribution in [0, 0.1) is 0 Å². The van der Waals surface area contributed by atoms with Gasteiger partial charge in [-0.15, -0.1) is 11.6 Å². The van der Waals surface area contributed by atoms with Gasteiger partial charge in [0.2, 0.25) is 5.60 Å². The molecule has 98 valence electrons. The molecule has 0 saturated heterocycles. The number of aliphatic carboxylic acids is 1. The number of hydrogen-bond acceptors (Lipinski definition) is 4. The van der Waals surface area contributed by atoms with Crippen molar-refractivity contribution in [3.8, 4) is 0 Å². The Bertz CT molecular complexity index is 463. The van der Waals surface area contributed by atoms with E-state index in [1.165, 1.54) is 13.1 Å². The summed E-state index contributed by atoms with van der Waals surface area (Å²) in [5, 5.41) is 18.6. The number of nitrogens with zero attached hydrogens (tertiary/aromatic N) is 1. The van der Waals surface area contributed by atoms with E-state index in [9.17, 15) is 14.7 Å². The third-order valence-corrected chi connectivity index (χ3v) is 3.01. The van der Waals surface area contributed by atoms with Crippen LogP contribution < -0.4 is 0 Å². The first-order valence-electron chi connectivity index (χ1n) is 5.43. The Balaban J connectivity index is 2.89. The van der Waals surface area contributed by atoms with E-state index >= 15 is 0 Å². The second-order valence-electron chi connectivity index (χ2n) is 3.91. The van der Waals surface area contributed by atoms with Gasteiger partial charge in [0.1, 0.15) is 0 Å². The molecular formula is C12H14ClNO4. The van der Waals surface area contributed by atoms with E-state index in [-0.39, 0.29) is 18.7 Å². The molecule has 6 heteroatoms. The number of carboxylic acids is 1. The molecule has 1 heterocycles. The molecule has 0 spiro atoms. The van der Waals surface area contributed by atoms with Crippen molar-refractivity contribution in [2.24, 2.45) is 0 Å². The van der Waals surface area contributed by atoms with Crippen molar-refractivity contribution in [1.82, 2.24) is 4.98 Å². The molecule has 0 aromatic carbocycles. The number of alkyl halides is 1. The number of aliphatic hydroxyl groups is 1. The van der Waals surface area contributed by atoms with Crippen LogP contribution in [0.5, 0.6) is 0 Å². The fourth-order valence-electron chi connectivity index (χ4n) is 1.49. The fourth-order valence-corrected chi connectivity index (χ4v) is 1.65. The number of carboxylic acid groups (broad SMARTS) is 1. The number of carbonyl (C=O) groups excluding carboxylic acids is 1. The number of Topliss-reactive ketones (excluding diaryl/α,β-unsaturated/α-hetero) is 1. The molecule has 0 aliphatic carbocycles. The molecule has 0 aliphatic rings. The van der Waals surface area contributed by atoms with Gasteiger partial charge < -0.3 is 10.2 Å². The van der Waals surface area contributed by atoms with Gasteiger partial charge in [0.05, 0.1) is 6.42 Å². The molecule has 0 bridgehead atoms. The maximum Gasteiger partial charge on any atom is 0.343 e. The normalized spacial score (nSPS) is 13.9. The number of hydrogen-bond donors (Lipinski definition) is 2. The van der Waals surface area contributed by atoms with Gasteiger partial charge in [-0.25, -0.2) is 4.79 Å². The molecule has 0 saturated carbocycles. The van der Waals surface area contributed by atoms with Gasteiger partial charge >= 0.3 is 5.97 Å². The number of aromatic nitrogens is 1. The predicted octanol–water partition coefficient (Wildman–Crippen LogP) is 1.16. The first-order chi connectivity index (χ1) is 8.43. The zero-order valence-corrected chi connectivity index (χ0v) is 10.6. The molecule has 1 atom stereocenters. The average molecular weight is 272 g/mol. The summed E-state index contributed by atoms with van der Waals surface area (Å²) in [5.41, 5.74) is -1.17. The van der Waals surface area contributed by atoms with E-state index in [1.54, 1.807) is 12.1 Å². The van der Waals surface area contributed by atoms with Crippen molar-refractivity contribution in [3.63, 3.8) is 0 Å². The van der Waals surface area contributed by atoms with Crippen molar-refractivity contribution < 1.29 is 19.8 Å². The SMILES string of the molecule is CCC(O)(C(=O)O)C(=O)Cc1cc(CCl)ccn1. The van der Waals surface area contributed by atoms with E-state index in [2.05, 4.69) is 4.98 Å². The Kier molecular flexibility index (Phi) is 4.81. The van der Waals surface area contributed by atoms with Crippen molar-refractivity contribution in [2.75, 3.05) is 0 Å². The highest BCUT2D eigenvalue weighted by molar-refractivity contribution is 6.17. The molecule has 1 aromatic rings. The quantitative estimate of drug-likeness (QED) is 0.599. The second-order valence-corrected chi connectivity index (χ2v) is 4.18. The maximum atomic E-state index is 11.8. The lowest BCUT2D eigenvalue weighted by atomic mass is 9.92. The molecule has 2 N–H and O–H groups in total. The van der Waals surface area contributed by atoms with Crippen molar-refractivity contribution in [2.45, 2.75) is 31.2 Å². The highest BCUT2D eigenvalue weighted by Gasteiger charge is 2.41. The molecule has 18 heavy (non-hydrogen) atoms. The summed E-state index contributed by atoms with van der Waals surface area (Å²) in [5.74, 6) is -2.04. The minimum atomic E-state index is -2.35. The van der Waals surface area contributed by atoms with Gasteiger partial charge in [0.15, 0.2) is 5.78 Å². The Morgan fingerprint density at radius 2 is 2.17 bits per heavy atom. The zero-order chi connectivity index (χ0) is 13.8. The first kappa shape index (κ1) is 14.6. The summed E-state index contributed by atoms with van der Waals surface area (Å²) in [4.78, 5) is 26.6. The van der Waals surface area contributed by atoms with Crippen LogP contribution in [0.15, 0.2) is 18.3 Å². The molecule has 1 aromatic heterocycles. The van der Waals surface area contributed by atoms with Crippen LogP contribution in [-0.4, -0.2) is 32.6 Å². The lowest BCUT2D eigenvalue weighted by molar-refractivity contribution is -0.165. The average Bonchev–Trinajstić information content (AvgIpc) is 2.37. The summed E-state index contributed by atoms with van der Waals surface area (Å²) in [6.45, 7) is 1.44. The van der Waals surface area contributed by atoms with E-state index in [1.807, 2.05) is 0 Å². The van der Waals surface area contributed by atoms with Gasteiger partial charge in [-0.1, -0.05) is 6.92 Å². The van der Waals surface area contributed by atoms with Crippen LogP contribution in [0.2, 0.25) is 0 Å². The third-order valence-electron chi connectivity index (χ3n) is 2.70. The Labute approximate surface area is 109 Å². The van der Waals surface area contributed by atoms with Crippen LogP contribution in [0.4, 0.5) is 0 Å². The standard InChI is InChI=1S/C12H14ClNO4/c1-2-12(18,11(16)17)10(15)6-9-5-8(7-13)3-4-14-9/h3-5,18H,2,6-7H2,1H3,(H,16,17). The molecule has 0 radical (unpaired) electrons. The minimum Gasteiger partial charge on any atom is -0.479 e. The third kappa shape index (κ3) is 3.05. The number of halogens is 1. The smallest absolute Gasteiger partial charge is 0.343 e. The molecule has 1 rings (SSSR count). The Morgan fingerprint density at radius 1 is 1.50 bits per heavy atom. The van der Waals surface area contributed by atoms with Gasteiger partial charge in [0, 0.05) is 17.8 Å². The van der Waals surface area contributed by atoms with Crippen LogP contribution >= 0.6 is 11.6 Å². The minimum absolute atomic E-state index is 0.184. The van der Waals surface area contributed by atoms with Crippen LogP contribution in [0.3, 0.4) is 0 Å². The molecular weight excluding hydrogens is 258 g/mol. The molecule has 1 unspecified atom stereocenters. The molecule has 0 aliphatic heterocycles. The highest BCUT2D eigenvalue weighted by atomic mass is 35.5. The van der Waals surface area contributed by atoms with E-state index in [0.29, 0.717) is 5.69 Å². The van der Waals surface area contributed by atoms with Gasteiger partial charge in [0.25, 0.3) is 0 Å². The van der Waals surface area contributed by atoms with Gasteiger partial charge in [-0.05, 0) is 24.1 Å². The molecule has 0 fully saturated rings. The number of ketones is 1. The van der Waals surface area contributed by atoms with E-state index in [4.69, 9.17) is 16.7 Å². The Morgan fingerprint density at radius 3 is 2.67 bits per heavy atom. The predicted molar refractivity (Wildman–Crippen MR) is 65.4 cm³/mol. The van der Waals surface area contributed by atoms with Crippen molar-refractivity contribution >= 4 is 23.4 Å². The van der Waals surface area contributed by atoms with Crippen LogP contribution in [0.1, 0.15) is 24.6 Å². The highest BCUT2D eigenvalue weighted by Crippen LogP contribution is 2.15. The monoisotopic (exact) mass is 271 g/mol. The zero-order valence-electron chi connectivity index (χ0n) is 9.89. The fraction of sp³-hybridized carbons (Fsp3) is 0.417. The summed E-state index contributed by atoms with van der Waals surface area (Å²) < 4.78 is 0.